The number of imidazole rings is 2. The van der Waals surface area contributed by atoms with Gasteiger partial charge in [0.2, 0.25) is 43.7 Å². The first-order chi connectivity index (χ1) is 64.4. The van der Waals surface area contributed by atoms with Crippen molar-refractivity contribution in [3.8, 4) is 33.2 Å². The van der Waals surface area contributed by atoms with Crippen LogP contribution in [-0.2, 0) is 81.2 Å². The van der Waals surface area contributed by atoms with E-state index in [2.05, 4.69) is 70.6 Å². The molecule has 13 rings (SSSR count). The van der Waals surface area contributed by atoms with Crippen LogP contribution in [0.2, 0.25) is 0 Å². The number of ether oxygens (including phenoxy) is 4. The Morgan fingerprint density at radius 1 is 0.543 bits per heavy atom. The van der Waals surface area contributed by atoms with Crippen LogP contribution in [0.25, 0.3) is 43.2 Å². The molecule has 4 aliphatic heterocycles. The zero-order valence-corrected chi connectivity index (χ0v) is 88.5. The molecule has 4 aromatic heterocycles. The Hall–Kier alpha value is -9.67. The molecule has 8 heterocycles. The van der Waals surface area contributed by atoms with Gasteiger partial charge in [-0.15, -0.1) is 22.7 Å². The van der Waals surface area contributed by atoms with E-state index in [1.165, 1.54) is 31.7 Å². The Bertz CT molecular complexity index is 5970. The number of thiazole rings is 2. The molecule has 10 atom stereocenters. The second-order valence-corrected chi connectivity index (χ2v) is 50.3. The summed E-state index contributed by atoms with van der Waals surface area (Å²) in [5, 5.41) is 13.1. The van der Waals surface area contributed by atoms with Crippen LogP contribution in [0.4, 0.5) is 9.59 Å². The molecule has 0 unspecified atom stereocenters. The number of allylic oxidation sites excluding steroid dienone is 2. The molecule has 2 aliphatic carbocycles. The van der Waals surface area contributed by atoms with Gasteiger partial charge in [0.25, 0.3) is 33.9 Å². The molecule has 138 heavy (non-hydrogen) atoms. The number of nitrogens with zero attached hydrogens (tertiary/aromatic N) is 8. The molecule has 0 radical (unpaired) electrons. The van der Waals surface area contributed by atoms with Crippen molar-refractivity contribution in [1.82, 2.24) is 74.4 Å². The molecule has 2 saturated heterocycles. The highest BCUT2D eigenvalue weighted by atomic mass is 32.2. The summed E-state index contributed by atoms with van der Waals surface area (Å²) < 4.78 is 108. The van der Waals surface area contributed by atoms with Gasteiger partial charge in [-0.3, -0.25) is 53.2 Å². The lowest BCUT2D eigenvalue weighted by atomic mass is 9.85. The summed E-state index contributed by atoms with van der Waals surface area (Å²) >= 11 is 3.35. The average molecular weight is 2010 g/mol. The van der Waals surface area contributed by atoms with Crippen molar-refractivity contribution >= 4 is 122 Å². The number of alkyl carbamates (subject to hydrolysis) is 2. The van der Waals surface area contributed by atoms with Crippen molar-refractivity contribution < 1.29 is 82.6 Å². The number of para-hydroxylation sites is 2. The molecule has 2 saturated carbocycles. The highest BCUT2D eigenvalue weighted by molar-refractivity contribution is 7.90. The van der Waals surface area contributed by atoms with Crippen LogP contribution < -0.4 is 50.9 Å². The summed E-state index contributed by atoms with van der Waals surface area (Å²) in [5.74, 6) is 0.331. The van der Waals surface area contributed by atoms with Gasteiger partial charge in [0.1, 0.15) is 79.7 Å². The van der Waals surface area contributed by atoms with Crippen LogP contribution in [0.3, 0.4) is 0 Å². The standard InChI is InChI=1S/C46H69N7O8S2.C46H67N7O8S2.C7H10N2O2S/c2*1-12-29-25-46(29)41(56)51-63(58,59)23-18-16-14-13-15-17-22-34-35(27(2)3)47-39(62-34)31-20-19-21-32-36(31)48-42(53(32)28(4)5)60-30-24-33(38(54)50-46)52(26-30)40(55)37(44(6,7)8)49-43(57)61-45(9,10)11;1-6-2-4-7(5-3-6)12(10,11)9-8/h19-21,27-30,33,37H,12-18,22-26H2,1-11H3,(H,49,57)(H,50,54)(H,51,56);13,15,19-21,27-30,33,37H,12,14,16-18,22-26H2,1-11H3,(H,49,57)(H,50,54)(H,51,56);2-5,9H,8H2,1H3/t2*29-,30-,33+,37-,46-;/m11./s1. The number of nitrogens with two attached hydrogens (primary N) is 1. The number of hydrazine groups is 1. The fourth-order valence-corrected chi connectivity index (χ4v) is 23.8. The maximum Gasteiger partial charge on any atom is 0.408 e. The number of benzene rings is 3. The number of aryl methyl sites for hydroxylation is 3. The number of carbonyl (C=O) groups is 8. The van der Waals surface area contributed by atoms with E-state index in [9.17, 15) is 63.6 Å². The zero-order valence-electron chi connectivity index (χ0n) is 84.5. The number of likely N-dealkylation sites (tertiary alicyclic amines) is 2. The summed E-state index contributed by atoms with van der Waals surface area (Å²) in [5.41, 5.74) is 1.81. The van der Waals surface area contributed by atoms with E-state index in [1.54, 1.807) is 81.2 Å². The van der Waals surface area contributed by atoms with Gasteiger partial charge in [-0.1, -0.05) is 164 Å². The minimum Gasteiger partial charge on any atom is -0.459 e. The molecule has 39 heteroatoms. The first kappa shape index (κ1) is 109. The van der Waals surface area contributed by atoms with E-state index < -0.39 is 147 Å². The molecule has 760 valence electrons. The molecule has 8 amide bonds. The van der Waals surface area contributed by atoms with Gasteiger partial charge in [0.15, 0.2) is 0 Å². The lowest BCUT2D eigenvalue weighted by Crippen LogP contribution is -2.60. The van der Waals surface area contributed by atoms with E-state index in [1.807, 2.05) is 136 Å². The van der Waals surface area contributed by atoms with Gasteiger partial charge >= 0.3 is 12.2 Å². The summed E-state index contributed by atoms with van der Waals surface area (Å²) in [7, 11) is -11.5. The van der Waals surface area contributed by atoms with Crippen LogP contribution in [0.5, 0.6) is 12.0 Å². The fourth-order valence-electron chi connectivity index (χ4n) is 18.3. The fraction of sp³-hybridized carbons (Fsp3) is 0.636. The van der Waals surface area contributed by atoms with Crippen molar-refractivity contribution in [3.63, 3.8) is 0 Å². The quantitative estimate of drug-likeness (QED) is 0.0320. The number of fused-ring (bicyclic) bond motifs is 12. The van der Waals surface area contributed by atoms with Crippen LogP contribution >= 0.6 is 22.7 Å². The van der Waals surface area contributed by atoms with Crippen LogP contribution in [-0.4, -0.2) is 195 Å². The van der Waals surface area contributed by atoms with E-state index in [0.717, 1.165) is 105 Å². The third kappa shape index (κ3) is 26.6. The van der Waals surface area contributed by atoms with Crippen molar-refractivity contribution in [2.75, 3.05) is 24.6 Å². The van der Waals surface area contributed by atoms with Crippen LogP contribution in [0, 0.1) is 29.6 Å². The Kier molecular flexibility index (Phi) is 34.5. The summed E-state index contributed by atoms with van der Waals surface area (Å²) in [6.45, 7) is 43.5. The van der Waals surface area contributed by atoms with Crippen molar-refractivity contribution in [2.45, 2.75) is 362 Å². The molecule has 2 spiro atoms. The van der Waals surface area contributed by atoms with Crippen molar-refractivity contribution in [1.29, 1.82) is 0 Å². The molecule has 7 aromatic rings. The number of hydrogen-bond donors (Lipinski definition) is 8. The molecule has 34 nitrogen and oxygen atoms in total. The second-order valence-electron chi connectivity index (χ2n) is 42.7. The smallest absolute Gasteiger partial charge is 0.408 e. The van der Waals surface area contributed by atoms with E-state index in [-0.39, 0.29) is 90.9 Å². The number of hydrogen-bond acceptors (Lipinski definition) is 25. The van der Waals surface area contributed by atoms with E-state index in [0.29, 0.717) is 57.0 Å². The average Bonchev–Trinajstić information content (AvgIpc) is 1.59. The number of rotatable bonds is 12. The first-order valence-corrected chi connectivity index (χ1v) is 55.0. The minimum absolute atomic E-state index is 0.0312. The van der Waals surface area contributed by atoms with Gasteiger partial charge in [0, 0.05) is 45.8 Å². The predicted molar refractivity (Wildman–Crippen MR) is 536 cm³/mol. The van der Waals surface area contributed by atoms with E-state index >= 15 is 0 Å². The van der Waals surface area contributed by atoms with Crippen LogP contribution in [0.15, 0.2) is 77.7 Å². The molecular weight excluding hydrogens is 1860 g/mol. The number of amides is 8. The minimum atomic E-state index is -4.02. The van der Waals surface area contributed by atoms with Gasteiger partial charge < -0.3 is 50.0 Å². The van der Waals surface area contributed by atoms with Crippen LogP contribution in [0.1, 0.15) is 306 Å². The Balaban J connectivity index is 0.000000235. The number of nitrogens with one attached hydrogen (secondary N) is 7. The largest absolute Gasteiger partial charge is 0.459 e. The summed E-state index contributed by atoms with van der Waals surface area (Å²) in [6, 6.07) is 14.4. The number of sulfonamides is 3. The Morgan fingerprint density at radius 3 is 1.31 bits per heavy atom. The summed E-state index contributed by atoms with van der Waals surface area (Å²) in [6.07, 6.45) is 11.9. The van der Waals surface area contributed by atoms with Gasteiger partial charge in [-0.25, -0.2) is 44.8 Å². The second kappa shape index (κ2) is 43.8. The SMILES string of the molecule is CC[C@@H]1C[C@@]12NC(=O)[C@@H]1C[C@H](CN1C(=O)[C@@H](NC(=O)OC(C)(C)C)C(C)(C)C)Oc1nc3c(cccc3n1C(C)C)-c1nc(C(C)C)c(s1)CCC=CCCCCS(=O)(=O)NC2=O.CC[C@@H]1C[C@@]12NC(=O)[C@@H]1C[C@H](CN1C(=O)[C@@H](NC(=O)OC(C)(C)C)C(C)(C)C)Oc1nc3c(cccc3n1C(C)C)-c1nc(C(C)C)c(s1)CCCCCCCCS(=O)(=O)NC2=O.Cc1ccc(S(=O)(=O)NN)cc1. The normalized spacial score (nSPS) is 23.2. The summed E-state index contributed by atoms with van der Waals surface area (Å²) in [4.78, 5) is 141. The Labute approximate surface area is 822 Å². The zero-order chi connectivity index (χ0) is 102. The molecule has 3 aromatic carbocycles. The third-order valence-electron chi connectivity index (χ3n) is 25.7. The topological polar surface area (TPSA) is 454 Å². The Morgan fingerprint density at radius 2 is 0.935 bits per heavy atom. The van der Waals surface area contributed by atoms with E-state index in [4.69, 9.17) is 44.7 Å². The highest BCUT2D eigenvalue weighted by Crippen LogP contribution is 2.49. The maximum absolute atomic E-state index is 14.8. The number of aromatic nitrogens is 6. The van der Waals surface area contributed by atoms with Crippen molar-refractivity contribution in [2.24, 2.45) is 28.5 Å². The molecule has 12 bridgehead atoms. The van der Waals surface area contributed by atoms with Crippen molar-refractivity contribution in [3.05, 3.63) is 99.5 Å². The maximum atomic E-state index is 14.8. The molecule has 9 N–H and O–H groups in total. The third-order valence-corrected chi connectivity index (χ3v) is 31.9. The van der Waals surface area contributed by atoms with Gasteiger partial charge in [0.05, 0.1) is 51.9 Å². The lowest BCUT2D eigenvalue weighted by molar-refractivity contribution is -0.143. The monoisotopic (exact) mass is 2010 g/mol. The van der Waals surface area contributed by atoms with Gasteiger partial charge in [-0.2, -0.15) is 14.8 Å². The first-order valence-electron chi connectivity index (χ1n) is 48.6. The lowest BCUT2D eigenvalue weighted by Gasteiger charge is -2.36. The highest BCUT2D eigenvalue weighted by Gasteiger charge is 2.64. The predicted octanol–water partition coefficient (Wildman–Crippen LogP) is 15.5. The number of carbonyl (C=O) groups excluding carboxylic acids is 8. The molecular formula is C99H146N16O18S5. The molecule has 4 fully saturated rings. The van der Waals surface area contributed by atoms with Gasteiger partial charge in [-0.05, 0) is 211 Å². The molecule has 6 aliphatic rings.